The van der Waals surface area contributed by atoms with Crippen molar-refractivity contribution in [1.29, 1.82) is 5.26 Å². The minimum atomic E-state index is -0.939. The van der Waals surface area contributed by atoms with Crippen LogP contribution in [0.3, 0.4) is 0 Å². The number of likely N-dealkylation sites (N-methyl/N-ethyl adjacent to an activating group) is 1. The molecule has 0 aromatic heterocycles. The van der Waals surface area contributed by atoms with Crippen molar-refractivity contribution in [1.82, 2.24) is 9.80 Å². The zero-order valence-corrected chi connectivity index (χ0v) is 10.3. The summed E-state index contributed by atoms with van der Waals surface area (Å²) in [4.78, 5) is 25.3. The lowest BCUT2D eigenvalue weighted by molar-refractivity contribution is -0.139. The van der Waals surface area contributed by atoms with Crippen molar-refractivity contribution in [3.63, 3.8) is 0 Å². The van der Waals surface area contributed by atoms with Crippen LogP contribution in [0.2, 0.25) is 0 Å². The van der Waals surface area contributed by atoms with E-state index in [-0.39, 0.29) is 25.4 Å². The maximum Gasteiger partial charge on any atom is 0.317 e. The molecule has 0 aromatic carbocycles. The van der Waals surface area contributed by atoms with E-state index in [4.69, 9.17) is 10.4 Å². The number of hydrogen-bond donors (Lipinski definition) is 1. The summed E-state index contributed by atoms with van der Waals surface area (Å²) in [6.45, 7) is 2.83. The van der Waals surface area contributed by atoms with Crippen LogP contribution in [0.15, 0.2) is 0 Å². The molecule has 96 valence electrons. The Bertz CT molecular complexity index is 299. The summed E-state index contributed by atoms with van der Waals surface area (Å²) in [6.07, 6.45) is 1.08. The minimum Gasteiger partial charge on any atom is -0.480 e. The van der Waals surface area contributed by atoms with Gasteiger partial charge in [0.25, 0.3) is 0 Å². The summed E-state index contributed by atoms with van der Waals surface area (Å²) in [7, 11) is 1.62. The maximum atomic E-state index is 11.7. The first-order chi connectivity index (χ1) is 8.01. The summed E-state index contributed by atoms with van der Waals surface area (Å²) in [5.74, 6) is -1.10. The smallest absolute Gasteiger partial charge is 0.317 e. The molecule has 6 heteroatoms. The monoisotopic (exact) mass is 241 g/mol. The molecule has 0 spiro atoms. The molecule has 0 atom stereocenters. The first-order valence-corrected chi connectivity index (χ1v) is 5.56. The number of hydrogen-bond acceptors (Lipinski definition) is 4. The lowest BCUT2D eigenvalue weighted by Gasteiger charge is -2.22. The number of nitrogens with zero attached hydrogens (tertiary/aromatic N) is 3. The Kier molecular flexibility index (Phi) is 7.72. The first kappa shape index (κ1) is 15.4. The molecule has 0 aromatic rings. The molecule has 0 aliphatic carbocycles. The highest BCUT2D eigenvalue weighted by molar-refractivity contribution is 5.79. The Balaban J connectivity index is 4.19. The van der Waals surface area contributed by atoms with Crippen LogP contribution >= 0.6 is 0 Å². The summed E-state index contributed by atoms with van der Waals surface area (Å²) >= 11 is 0. The van der Waals surface area contributed by atoms with Crippen molar-refractivity contribution < 1.29 is 14.7 Å². The van der Waals surface area contributed by atoms with Crippen LogP contribution < -0.4 is 0 Å². The number of carbonyl (C=O) groups excluding carboxylic acids is 1. The number of amides is 1. The van der Waals surface area contributed by atoms with Gasteiger partial charge in [0.15, 0.2) is 0 Å². The molecule has 0 saturated heterocycles. The van der Waals surface area contributed by atoms with Crippen LogP contribution in [0, 0.1) is 11.3 Å². The molecule has 6 nitrogen and oxygen atoms in total. The Morgan fingerprint density at radius 2 is 1.94 bits per heavy atom. The second-order valence-corrected chi connectivity index (χ2v) is 3.83. The van der Waals surface area contributed by atoms with Gasteiger partial charge >= 0.3 is 5.97 Å². The van der Waals surface area contributed by atoms with E-state index in [1.807, 2.05) is 13.0 Å². The average molecular weight is 241 g/mol. The van der Waals surface area contributed by atoms with E-state index in [1.54, 1.807) is 11.9 Å². The van der Waals surface area contributed by atoms with Crippen LogP contribution in [0.1, 0.15) is 19.8 Å². The lowest BCUT2D eigenvalue weighted by atomic mass is 10.3. The van der Waals surface area contributed by atoms with Gasteiger partial charge in [0.05, 0.1) is 25.6 Å². The number of carboxylic acid groups (broad SMARTS) is 1. The fraction of sp³-hybridized carbons (Fsp3) is 0.727. The van der Waals surface area contributed by atoms with Crippen LogP contribution in [0.5, 0.6) is 0 Å². The van der Waals surface area contributed by atoms with Crippen LogP contribution in [-0.2, 0) is 9.59 Å². The lowest BCUT2D eigenvalue weighted by Crippen LogP contribution is -2.41. The minimum absolute atomic E-state index is 0.0854. The molecule has 0 bridgehead atoms. The first-order valence-electron chi connectivity index (χ1n) is 5.56. The van der Waals surface area contributed by atoms with Gasteiger partial charge in [-0.05, 0) is 13.0 Å². The molecule has 0 aliphatic heterocycles. The second-order valence-electron chi connectivity index (χ2n) is 3.83. The summed E-state index contributed by atoms with van der Waals surface area (Å²) in [5.41, 5.74) is 0. The topological polar surface area (TPSA) is 84.6 Å². The highest BCUT2D eigenvalue weighted by Gasteiger charge is 2.15. The number of carboxylic acids is 1. The van der Waals surface area contributed by atoms with Crippen LogP contribution in [0.4, 0.5) is 0 Å². The molecule has 0 radical (unpaired) electrons. The summed E-state index contributed by atoms with van der Waals surface area (Å²) < 4.78 is 0. The fourth-order valence-electron chi connectivity index (χ4n) is 1.38. The van der Waals surface area contributed by atoms with E-state index < -0.39 is 5.97 Å². The molecule has 0 rings (SSSR count). The standard InChI is InChI=1S/C11H19N3O3/c1-3-6-14(9-11(16)17)8-10(15)13(2)7-4-5-12/h3-4,6-9H2,1-2H3,(H,16,17). The molecule has 1 amide bonds. The average Bonchev–Trinajstić information content (AvgIpc) is 2.25. The summed E-state index contributed by atoms with van der Waals surface area (Å²) in [5, 5.41) is 17.1. The quantitative estimate of drug-likeness (QED) is 0.654. The summed E-state index contributed by atoms with van der Waals surface area (Å²) in [6, 6.07) is 1.96. The molecule has 1 N–H and O–H groups in total. The number of carbonyl (C=O) groups is 2. The normalized spacial score (nSPS) is 10.0. The van der Waals surface area contributed by atoms with Crippen molar-refractivity contribution in [2.24, 2.45) is 0 Å². The van der Waals surface area contributed by atoms with Crippen molar-refractivity contribution in [3.05, 3.63) is 0 Å². The molecule has 0 unspecified atom stereocenters. The maximum absolute atomic E-state index is 11.7. The predicted octanol–water partition coefficient (Wildman–Crippen LogP) is 0.155. The van der Waals surface area contributed by atoms with Gasteiger partial charge in [-0.1, -0.05) is 6.92 Å². The highest BCUT2D eigenvalue weighted by atomic mass is 16.4. The third-order valence-electron chi connectivity index (χ3n) is 2.24. The molecule has 0 heterocycles. The van der Waals surface area contributed by atoms with Crippen molar-refractivity contribution in [3.8, 4) is 6.07 Å². The van der Waals surface area contributed by atoms with Gasteiger partial charge in [0.1, 0.15) is 0 Å². The van der Waals surface area contributed by atoms with Gasteiger partial charge in [0, 0.05) is 13.6 Å². The van der Waals surface area contributed by atoms with Crippen molar-refractivity contribution in [2.45, 2.75) is 19.8 Å². The van der Waals surface area contributed by atoms with Gasteiger partial charge in [0.2, 0.25) is 5.91 Å². The third-order valence-corrected chi connectivity index (χ3v) is 2.24. The van der Waals surface area contributed by atoms with Gasteiger partial charge < -0.3 is 10.0 Å². The second kappa shape index (κ2) is 8.53. The van der Waals surface area contributed by atoms with E-state index in [9.17, 15) is 9.59 Å². The fourth-order valence-corrected chi connectivity index (χ4v) is 1.38. The van der Waals surface area contributed by atoms with E-state index in [0.717, 1.165) is 6.42 Å². The Labute approximate surface area is 101 Å². The van der Waals surface area contributed by atoms with E-state index in [2.05, 4.69) is 0 Å². The van der Waals surface area contributed by atoms with Crippen molar-refractivity contribution >= 4 is 11.9 Å². The molecule has 0 fully saturated rings. The Hall–Kier alpha value is -1.61. The highest BCUT2D eigenvalue weighted by Crippen LogP contribution is 1.95. The molecule has 0 aliphatic rings. The molecular weight excluding hydrogens is 222 g/mol. The van der Waals surface area contributed by atoms with Crippen LogP contribution in [-0.4, -0.2) is 60.0 Å². The number of nitriles is 1. The number of rotatable bonds is 8. The number of aliphatic carboxylic acids is 1. The zero-order chi connectivity index (χ0) is 13.3. The van der Waals surface area contributed by atoms with E-state index in [1.165, 1.54) is 4.90 Å². The van der Waals surface area contributed by atoms with E-state index >= 15 is 0 Å². The van der Waals surface area contributed by atoms with Gasteiger partial charge in [-0.15, -0.1) is 0 Å². The van der Waals surface area contributed by atoms with Gasteiger partial charge in [-0.2, -0.15) is 5.26 Å². The Morgan fingerprint density at radius 1 is 1.29 bits per heavy atom. The molecule has 17 heavy (non-hydrogen) atoms. The van der Waals surface area contributed by atoms with E-state index in [0.29, 0.717) is 13.1 Å². The van der Waals surface area contributed by atoms with Crippen molar-refractivity contribution in [2.75, 3.05) is 33.2 Å². The SMILES string of the molecule is CCCN(CC(=O)O)CC(=O)N(C)CCC#N. The molecule has 0 saturated carbocycles. The largest absolute Gasteiger partial charge is 0.480 e. The Morgan fingerprint density at radius 3 is 2.41 bits per heavy atom. The van der Waals surface area contributed by atoms with Gasteiger partial charge in [-0.25, -0.2) is 0 Å². The third kappa shape index (κ3) is 7.30. The molecular formula is C11H19N3O3. The zero-order valence-electron chi connectivity index (χ0n) is 10.3. The predicted molar refractivity (Wildman–Crippen MR) is 62.2 cm³/mol. The van der Waals surface area contributed by atoms with Crippen LogP contribution in [0.25, 0.3) is 0 Å². The van der Waals surface area contributed by atoms with Gasteiger partial charge in [-0.3, -0.25) is 14.5 Å².